The Labute approximate surface area is 121 Å². The number of hydroxylamine groups is 2. The van der Waals surface area contributed by atoms with Crippen molar-refractivity contribution in [2.24, 2.45) is 0 Å². The standard InChI is InChI=1S/C13H14ClNO5/c1-19-13(18)11(16)7-12(17)15(20-2)8-9-3-5-10(14)6-4-9/h3-7,16H,8H2,1-2H3/b11-7-. The summed E-state index contributed by atoms with van der Waals surface area (Å²) in [5.41, 5.74) is 0.774. The molecule has 1 N–H and O–H groups in total. The third-order valence-electron chi connectivity index (χ3n) is 2.36. The number of nitrogens with zero attached hydrogens (tertiary/aromatic N) is 1. The van der Waals surface area contributed by atoms with Crippen molar-refractivity contribution in [3.8, 4) is 0 Å². The number of carbonyl (C=O) groups excluding carboxylic acids is 2. The van der Waals surface area contributed by atoms with E-state index in [9.17, 15) is 14.7 Å². The lowest BCUT2D eigenvalue weighted by Gasteiger charge is -2.18. The quantitative estimate of drug-likeness (QED) is 0.388. The largest absolute Gasteiger partial charge is 0.502 e. The van der Waals surface area contributed by atoms with Crippen molar-refractivity contribution in [3.05, 3.63) is 46.7 Å². The summed E-state index contributed by atoms with van der Waals surface area (Å²) in [5.74, 6) is -2.48. The normalized spacial score (nSPS) is 11.1. The molecule has 1 aromatic carbocycles. The fraction of sp³-hybridized carbons (Fsp3) is 0.231. The summed E-state index contributed by atoms with van der Waals surface area (Å²) in [6.07, 6.45) is 0.727. The van der Waals surface area contributed by atoms with E-state index in [1.165, 1.54) is 7.11 Å². The van der Waals surface area contributed by atoms with E-state index in [0.29, 0.717) is 5.02 Å². The third kappa shape index (κ3) is 4.56. The average molecular weight is 300 g/mol. The Morgan fingerprint density at radius 1 is 1.30 bits per heavy atom. The van der Waals surface area contributed by atoms with Crippen LogP contribution in [0, 0.1) is 0 Å². The smallest absolute Gasteiger partial charge is 0.373 e. The van der Waals surface area contributed by atoms with Crippen molar-refractivity contribution in [2.75, 3.05) is 14.2 Å². The van der Waals surface area contributed by atoms with E-state index in [1.54, 1.807) is 24.3 Å². The molecule has 0 heterocycles. The summed E-state index contributed by atoms with van der Waals surface area (Å²) in [4.78, 5) is 27.7. The molecule has 0 saturated heterocycles. The Morgan fingerprint density at radius 3 is 2.40 bits per heavy atom. The van der Waals surface area contributed by atoms with Crippen LogP contribution in [-0.4, -0.2) is 36.3 Å². The van der Waals surface area contributed by atoms with Crippen LogP contribution in [0.25, 0.3) is 0 Å². The van der Waals surface area contributed by atoms with Crippen molar-refractivity contribution < 1.29 is 24.3 Å². The zero-order valence-electron chi connectivity index (χ0n) is 11.0. The van der Waals surface area contributed by atoms with Gasteiger partial charge in [-0.1, -0.05) is 23.7 Å². The molecule has 0 aliphatic carbocycles. The molecule has 6 nitrogen and oxygen atoms in total. The maximum atomic E-state index is 11.8. The molecule has 0 aromatic heterocycles. The highest BCUT2D eigenvalue weighted by Crippen LogP contribution is 2.12. The molecule has 1 amide bonds. The second kappa shape index (κ2) is 7.52. The third-order valence-corrected chi connectivity index (χ3v) is 2.61. The molecule has 0 unspecified atom stereocenters. The molecule has 1 aromatic rings. The van der Waals surface area contributed by atoms with Crippen LogP contribution in [0.4, 0.5) is 0 Å². The van der Waals surface area contributed by atoms with Crippen LogP contribution < -0.4 is 0 Å². The molecular weight excluding hydrogens is 286 g/mol. The van der Waals surface area contributed by atoms with Gasteiger partial charge >= 0.3 is 5.97 Å². The van der Waals surface area contributed by atoms with Gasteiger partial charge in [-0.25, -0.2) is 9.86 Å². The van der Waals surface area contributed by atoms with Gasteiger partial charge in [0.05, 0.1) is 26.8 Å². The van der Waals surface area contributed by atoms with Crippen LogP contribution in [0.15, 0.2) is 36.1 Å². The minimum atomic E-state index is -0.999. The molecule has 20 heavy (non-hydrogen) atoms. The number of methoxy groups -OCH3 is 1. The van der Waals surface area contributed by atoms with Crippen LogP contribution in [0.2, 0.25) is 5.02 Å². The highest BCUT2D eigenvalue weighted by molar-refractivity contribution is 6.30. The topological polar surface area (TPSA) is 76.1 Å². The minimum Gasteiger partial charge on any atom is -0.502 e. The van der Waals surface area contributed by atoms with Crippen LogP contribution in [0.5, 0.6) is 0 Å². The number of aliphatic hydroxyl groups is 1. The van der Waals surface area contributed by atoms with Gasteiger partial charge < -0.3 is 9.84 Å². The van der Waals surface area contributed by atoms with E-state index < -0.39 is 17.6 Å². The van der Waals surface area contributed by atoms with Gasteiger partial charge in [0.25, 0.3) is 5.91 Å². The fourth-order valence-electron chi connectivity index (χ4n) is 1.34. The number of esters is 1. The first-order valence-corrected chi connectivity index (χ1v) is 5.94. The van der Waals surface area contributed by atoms with Crippen LogP contribution >= 0.6 is 11.6 Å². The first-order chi connectivity index (χ1) is 9.47. The Morgan fingerprint density at radius 2 is 1.90 bits per heavy atom. The van der Waals surface area contributed by atoms with E-state index in [4.69, 9.17) is 16.4 Å². The predicted molar refractivity (Wildman–Crippen MR) is 71.7 cm³/mol. The van der Waals surface area contributed by atoms with Crippen LogP contribution in [0.3, 0.4) is 0 Å². The summed E-state index contributed by atoms with van der Waals surface area (Å²) < 4.78 is 4.27. The van der Waals surface area contributed by atoms with Crippen molar-refractivity contribution in [1.82, 2.24) is 5.06 Å². The van der Waals surface area contributed by atoms with E-state index >= 15 is 0 Å². The average Bonchev–Trinajstić information content (AvgIpc) is 2.45. The van der Waals surface area contributed by atoms with Gasteiger partial charge in [0.15, 0.2) is 0 Å². The monoisotopic (exact) mass is 299 g/mol. The van der Waals surface area contributed by atoms with Crippen LogP contribution in [0.1, 0.15) is 5.56 Å². The highest BCUT2D eigenvalue weighted by atomic mass is 35.5. The van der Waals surface area contributed by atoms with Gasteiger partial charge in [-0.15, -0.1) is 0 Å². The molecule has 0 saturated carbocycles. The number of aliphatic hydroxyl groups excluding tert-OH is 1. The number of hydrogen-bond acceptors (Lipinski definition) is 5. The van der Waals surface area contributed by atoms with Gasteiger partial charge in [-0.05, 0) is 17.7 Å². The van der Waals surface area contributed by atoms with E-state index in [2.05, 4.69) is 4.74 Å². The first kappa shape index (κ1) is 16.0. The van der Waals surface area contributed by atoms with Crippen molar-refractivity contribution in [2.45, 2.75) is 6.54 Å². The Balaban J connectivity index is 2.78. The lowest BCUT2D eigenvalue weighted by molar-refractivity contribution is -0.173. The molecule has 0 radical (unpaired) electrons. The molecule has 0 aliphatic rings. The molecular formula is C13H14ClNO5. The minimum absolute atomic E-state index is 0.136. The zero-order valence-corrected chi connectivity index (χ0v) is 11.8. The number of halogens is 1. The second-order valence-corrected chi connectivity index (χ2v) is 4.14. The fourth-order valence-corrected chi connectivity index (χ4v) is 1.47. The van der Waals surface area contributed by atoms with Gasteiger partial charge in [-0.2, -0.15) is 0 Å². The SMILES string of the molecule is COC(=O)/C(O)=C/C(=O)N(Cc1ccc(Cl)cc1)OC. The second-order valence-electron chi connectivity index (χ2n) is 3.71. The Bertz CT molecular complexity index is 512. The van der Waals surface area contributed by atoms with Gasteiger partial charge in [-0.3, -0.25) is 9.63 Å². The number of ether oxygens (including phenoxy) is 1. The number of benzene rings is 1. The Kier molecular flexibility index (Phi) is 6.02. The molecule has 1 rings (SSSR count). The number of hydrogen-bond donors (Lipinski definition) is 1. The van der Waals surface area contributed by atoms with Crippen molar-refractivity contribution in [1.29, 1.82) is 0 Å². The predicted octanol–water partition coefficient (Wildman–Crippen LogP) is 1.84. The molecule has 108 valence electrons. The number of rotatable bonds is 5. The van der Waals surface area contributed by atoms with Crippen molar-refractivity contribution >= 4 is 23.5 Å². The van der Waals surface area contributed by atoms with Gasteiger partial charge in [0, 0.05) is 5.02 Å². The molecule has 0 aliphatic heterocycles. The maximum Gasteiger partial charge on any atom is 0.373 e. The number of amides is 1. The summed E-state index contributed by atoms with van der Waals surface area (Å²) in [7, 11) is 2.40. The maximum absolute atomic E-state index is 11.8. The molecule has 0 bridgehead atoms. The van der Waals surface area contributed by atoms with Crippen molar-refractivity contribution in [3.63, 3.8) is 0 Å². The summed E-state index contributed by atoms with van der Waals surface area (Å²) >= 11 is 5.76. The first-order valence-electron chi connectivity index (χ1n) is 5.57. The highest BCUT2D eigenvalue weighted by Gasteiger charge is 2.16. The van der Waals surface area contributed by atoms with Gasteiger partial charge in [0.1, 0.15) is 0 Å². The summed E-state index contributed by atoms with van der Waals surface area (Å²) in [6.45, 7) is 0.136. The lowest BCUT2D eigenvalue weighted by atomic mass is 10.2. The van der Waals surface area contributed by atoms with E-state index in [-0.39, 0.29) is 6.54 Å². The lowest BCUT2D eigenvalue weighted by Crippen LogP contribution is -2.28. The number of carbonyl (C=O) groups is 2. The zero-order chi connectivity index (χ0) is 15.1. The Hall–Kier alpha value is -2.05. The van der Waals surface area contributed by atoms with Gasteiger partial charge in [0.2, 0.25) is 5.76 Å². The summed E-state index contributed by atoms with van der Waals surface area (Å²) in [5, 5.41) is 10.9. The molecule has 7 heteroatoms. The molecule has 0 atom stereocenters. The van der Waals surface area contributed by atoms with Crippen LogP contribution in [-0.2, 0) is 25.7 Å². The molecule has 0 spiro atoms. The molecule has 0 fully saturated rings. The van der Waals surface area contributed by atoms with E-state index in [0.717, 1.165) is 23.8 Å². The van der Waals surface area contributed by atoms with E-state index in [1.807, 2.05) is 0 Å². The summed E-state index contributed by atoms with van der Waals surface area (Å²) in [6, 6.07) is 6.81.